The summed E-state index contributed by atoms with van der Waals surface area (Å²) in [4.78, 5) is 10.8. The topological polar surface area (TPSA) is 141 Å². The molecule has 2 saturated heterocycles. The maximum absolute atomic E-state index is 10.8. The Labute approximate surface area is 251 Å². The minimum atomic E-state index is -0.718. The minimum absolute atomic E-state index is 0.0394. The molecule has 0 radical (unpaired) electrons. The summed E-state index contributed by atoms with van der Waals surface area (Å²) in [5, 5.41) is 19.9. The first-order chi connectivity index (χ1) is 20.9. The Morgan fingerprint density at radius 1 is 1.05 bits per heavy atom. The van der Waals surface area contributed by atoms with E-state index >= 15 is 0 Å². The number of methoxy groups -OCH3 is 2. The van der Waals surface area contributed by atoms with Gasteiger partial charge in [-0.25, -0.2) is 0 Å². The van der Waals surface area contributed by atoms with Crippen molar-refractivity contribution in [2.45, 2.75) is 77.0 Å². The predicted molar refractivity (Wildman–Crippen MR) is 152 cm³/mol. The van der Waals surface area contributed by atoms with Crippen LogP contribution >= 0.6 is 0 Å². The number of phenolic OH excluding ortho intramolecular Hbond substituents is 1. The second-order valence-corrected chi connectivity index (χ2v) is 10.1. The quantitative estimate of drug-likeness (QED) is 0.442. The van der Waals surface area contributed by atoms with E-state index in [1.807, 2.05) is 26.0 Å². The number of aromatic hydroxyl groups is 1. The number of aryl methyl sites for hydroxylation is 1. The molecule has 2 aromatic rings. The van der Waals surface area contributed by atoms with Crippen molar-refractivity contribution >= 4 is 6.47 Å². The van der Waals surface area contributed by atoms with Crippen LogP contribution in [0.15, 0.2) is 30.3 Å². The molecule has 0 bridgehead atoms. The van der Waals surface area contributed by atoms with E-state index in [1.165, 1.54) is 14.2 Å². The zero-order chi connectivity index (χ0) is 30.9. The van der Waals surface area contributed by atoms with Crippen molar-refractivity contribution in [1.82, 2.24) is 0 Å². The normalized spacial score (nSPS) is 28.5. The Morgan fingerprint density at radius 3 is 2.42 bits per heavy atom. The number of aliphatic hydroxyl groups excluding tert-OH is 1. The second-order valence-electron chi connectivity index (χ2n) is 10.1. The summed E-state index contributed by atoms with van der Waals surface area (Å²) in [7, 11) is 2.99. The smallest absolute Gasteiger partial charge is 0.293 e. The molecule has 43 heavy (non-hydrogen) atoms. The molecule has 3 aliphatic heterocycles. The molecule has 0 aromatic heterocycles. The minimum Gasteiger partial charge on any atom is -0.502 e. The highest BCUT2D eigenvalue weighted by molar-refractivity contribution is 5.51. The van der Waals surface area contributed by atoms with Crippen molar-refractivity contribution in [2.24, 2.45) is 5.92 Å². The van der Waals surface area contributed by atoms with Crippen LogP contribution in [0, 0.1) is 5.92 Å². The van der Waals surface area contributed by atoms with Gasteiger partial charge in [0.15, 0.2) is 35.6 Å². The lowest BCUT2D eigenvalue weighted by Crippen LogP contribution is -2.56. The fourth-order valence-electron chi connectivity index (χ4n) is 5.54. The Hall–Kier alpha value is -3.29. The van der Waals surface area contributed by atoms with Crippen molar-refractivity contribution < 1.29 is 57.6 Å². The fraction of sp³-hybridized carbons (Fsp3) is 0.581. The van der Waals surface area contributed by atoms with Gasteiger partial charge in [0, 0.05) is 12.3 Å². The van der Waals surface area contributed by atoms with Crippen LogP contribution in [0.25, 0.3) is 0 Å². The molecule has 2 N–H and O–H groups in total. The van der Waals surface area contributed by atoms with E-state index in [0.717, 1.165) is 29.7 Å². The van der Waals surface area contributed by atoms with E-state index < -0.39 is 24.6 Å². The molecule has 2 fully saturated rings. The molecule has 238 valence electrons. The van der Waals surface area contributed by atoms with Crippen LogP contribution in [-0.4, -0.2) is 81.8 Å². The van der Waals surface area contributed by atoms with Crippen molar-refractivity contribution in [3.63, 3.8) is 0 Å². The average Bonchev–Trinajstić information content (AvgIpc) is 3.49. The SMILES string of the molecule is CC.COc1cccc(OC)c1O.C[C@@H]1OCC2OC(OC3c4cc5c(cc4CCC3COC=O)OCO5)CC(O)C2O1. The van der Waals surface area contributed by atoms with Gasteiger partial charge in [0.1, 0.15) is 12.2 Å². The first-order valence-corrected chi connectivity index (χ1v) is 14.6. The van der Waals surface area contributed by atoms with Crippen LogP contribution in [0.4, 0.5) is 0 Å². The molecular formula is C31H42O12. The number of carbonyl (C=O) groups excluding carboxylic acids is 1. The van der Waals surface area contributed by atoms with Gasteiger partial charge in [0.2, 0.25) is 12.5 Å². The van der Waals surface area contributed by atoms with Gasteiger partial charge in [-0.2, -0.15) is 0 Å². The summed E-state index contributed by atoms with van der Waals surface area (Å²) in [6.45, 7) is 7.02. The van der Waals surface area contributed by atoms with Crippen molar-refractivity contribution in [1.29, 1.82) is 0 Å². The summed E-state index contributed by atoms with van der Waals surface area (Å²) < 4.78 is 49.5. The van der Waals surface area contributed by atoms with Gasteiger partial charge in [-0.1, -0.05) is 19.9 Å². The van der Waals surface area contributed by atoms with E-state index in [-0.39, 0.29) is 43.9 Å². The lowest BCUT2D eigenvalue weighted by Gasteiger charge is -2.45. The van der Waals surface area contributed by atoms with Gasteiger partial charge in [0.05, 0.1) is 39.6 Å². The lowest BCUT2D eigenvalue weighted by molar-refractivity contribution is -0.338. The van der Waals surface area contributed by atoms with Gasteiger partial charge in [-0.05, 0) is 55.2 Å². The van der Waals surface area contributed by atoms with E-state index in [1.54, 1.807) is 25.1 Å². The van der Waals surface area contributed by atoms with Crippen molar-refractivity contribution in [3.05, 3.63) is 41.5 Å². The highest BCUT2D eigenvalue weighted by Gasteiger charge is 2.45. The van der Waals surface area contributed by atoms with Crippen LogP contribution in [-0.2, 0) is 34.9 Å². The number of phenols is 1. The molecule has 3 heterocycles. The largest absolute Gasteiger partial charge is 0.502 e. The summed E-state index contributed by atoms with van der Waals surface area (Å²) in [5.74, 6) is 2.24. The second kappa shape index (κ2) is 15.4. The van der Waals surface area contributed by atoms with Gasteiger partial charge in [-0.3, -0.25) is 4.79 Å². The van der Waals surface area contributed by atoms with Crippen LogP contribution < -0.4 is 18.9 Å². The van der Waals surface area contributed by atoms with Gasteiger partial charge >= 0.3 is 0 Å². The predicted octanol–water partition coefficient (Wildman–Crippen LogP) is 3.88. The molecule has 0 spiro atoms. The van der Waals surface area contributed by atoms with Gasteiger partial charge < -0.3 is 52.8 Å². The number of benzene rings is 2. The monoisotopic (exact) mass is 606 g/mol. The molecular weight excluding hydrogens is 564 g/mol. The number of para-hydroxylation sites is 1. The Morgan fingerprint density at radius 2 is 1.74 bits per heavy atom. The molecule has 6 unspecified atom stereocenters. The highest BCUT2D eigenvalue weighted by atomic mass is 16.7. The van der Waals surface area contributed by atoms with Crippen molar-refractivity contribution in [3.8, 4) is 28.7 Å². The van der Waals surface area contributed by atoms with Gasteiger partial charge in [-0.15, -0.1) is 0 Å². The summed E-state index contributed by atoms with van der Waals surface area (Å²) in [6, 6.07) is 9.00. The molecule has 6 rings (SSSR count). The summed E-state index contributed by atoms with van der Waals surface area (Å²) in [6.07, 6.45) is -1.05. The molecule has 4 aliphatic rings. The summed E-state index contributed by atoms with van der Waals surface area (Å²) in [5.41, 5.74) is 2.08. The Bertz CT molecular complexity index is 1170. The number of hydrogen-bond donors (Lipinski definition) is 2. The maximum atomic E-state index is 10.8. The molecule has 0 saturated carbocycles. The van der Waals surface area contributed by atoms with Crippen LogP contribution in [0.1, 0.15) is 50.8 Å². The van der Waals surface area contributed by atoms with Crippen LogP contribution in [0.5, 0.6) is 28.7 Å². The number of hydrogen-bond acceptors (Lipinski definition) is 12. The Balaban J connectivity index is 0.000000274. The number of rotatable bonds is 7. The van der Waals surface area contributed by atoms with Crippen LogP contribution in [0.2, 0.25) is 0 Å². The standard InChI is InChI=1S/C21H26O9.C8H10O3.C2H6/c1-11-25-8-18-21(28-11)15(23)6-19(29-18)30-20-13(7-24-9-22)3-2-12-4-16-17(5-14(12)20)27-10-26-16;1-10-6-4-3-5-7(11-2)8(6)9;1-2/h4-5,9,11,13,15,18-21,23H,2-3,6-8,10H2,1H3;3-5,9H,1-2H3;1-2H3/t11-,13?,15?,18?,19?,20?,21?;;/m1../s1. The molecule has 7 atom stereocenters. The number of aliphatic hydroxyl groups is 1. The number of fused-ring (bicyclic) bond motifs is 3. The third-order valence-corrected chi connectivity index (χ3v) is 7.58. The molecule has 12 heteroatoms. The van der Waals surface area contributed by atoms with E-state index in [2.05, 4.69) is 0 Å². The number of carbonyl (C=O) groups is 1. The van der Waals surface area contributed by atoms with Crippen LogP contribution in [0.3, 0.4) is 0 Å². The zero-order valence-corrected chi connectivity index (χ0v) is 25.2. The highest BCUT2D eigenvalue weighted by Crippen LogP contribution is 2.45. The van der Waals surface area contributed by atoms with Crippen molar-refractivity contribution in [2.75, 3.05) is 34.2 Å². The first kappa shape index (κ1) is 32.6. The molecule has 0 amide bonds. The van der Waals surface area contributed by atoms with E-state index in [4.69, 9.17) is 42.6 Å². The fourth-order valence-corrected chi connectivity index (χ4v) is 5.54. The Kier molecular flexibility index (Phi) is 11.7. The number of ether oxygens (including phenoxy) is 9. The zero-order valence-electron chi connectivity index (χ0n) is 25.2. The molecule has 1 aliphatic carbocycles. The molecule has 12 nitrogen and oxygen atoms in total. The third kappa shape index (κ3) is 7.63. The average molecular weight is 607 g/mol. The molecule has 2 aromatic carbocycles. The lowest BCUT2D eigenvalue weighted by atomic mass is 9.81. The van der Waals surface area contributed by atoms with E-state index in [9.17, 15) is 15.0 Å². The summed E-state index contributed by atoms with van der Waals surface area (Å²) >= 11 is 0. The third-order valence-electron chi connectivity index (χ3n) is 7.58. The first-order valence-electron chi connectivity index (χ1n) is 14.6. The van der Waals surface area contributed by atoms with E-state index in [0.29, 0.717) is 30.3 Å². The maximum Gasteiger partial charge on any atom is 0.293 e. The van der Waals surface area contributed by atoms with Gasteiger partial charge in [0.25, 0.3) is 6.47 Å².